The van der Waals surface area contributed by atoms with Crippen LogP contribution in [0.4, 0.5) is 0 Å². The summed E-state index contributed by atoms with van der Waals surface area (Å²) in [4.78, 5) is 4.24. The van der Waals surface area contributed by atoms with E-state index >= 15 is 0 Å². The van der Waals surface area contributed by atoms with Crippen molar-refractivity contribution >= 4 is 0 Å². The molecule has 0 aliphatic carbocycles. The van der Waals surface area contributed by atoms with Crippen molar-refractivity contribution in [3.05, 3.63) is 13.8 Å². The molecule has 2 nitrogen and oxygen atoms in total. The molecule has 13 heavy (non-hydrogen) atoms. The fourth-order valence-corrected chi connectivity index (χ4v) is 0.632. The summed E-state index contributed by atoms with van der Waals surface area (Å²) < 4.78 is 0. The van der Waals surface area contributed by atoms with Gasteiger partial charge in [-0.2, -0.15) is 12.8 Å². The van der Waals surface area contributed by atoms with Gasteiger partial charge in [0.1, 0.15) is 0 Å². The first-order chi connectivity index (χ1) is 5.54. The van der Waals surface area contributed by atoms with Crippen LogP contribution in [0.3, 0.4) is 0 Å². The van der Waals surface area contributed by atoms with Crippen LogP contribution in [0, 0.1) is 13.8 Å². The number of rotatable bonds is 4. The summed E-state index contributed by atoms with van der Waals surface area (Å²) in [5, 5.41) is 0. The minimum Gasteiger partial charge on any atom is -0.342 e. The molecule has 0 N–H and O–H groups in total. The molecular formula is C10H24N2Zn. The Kier molecular flexibility index (Phi) is 22.2. The quantitative estimate of drug-likeness (QED) is 0.541. The summed E-state index contributed by atoms with van der Waals surface area (Å²) in [6.45, 7) is 9.56. The minimum atomic E-state index is 0. The summed E-state index contributed by atoms with van der Waals surface area (Å²) in [6, 6.07) is 0. The standard InChI is InChI=1S/2C5H12N.Zn/c2*1-4-5-6(2)3;/h2*1,4-5H2,2-3H3;/q2*-1;+2. The van der Waals surface area contributed by atoms with Crippen LogP contribution < -0.4 is 0 Å². The molecule has 0 aromatic rings. The Morgan fingerprint density at radius 1 is 0.769 bits per heavy atom. The topological polar surface area (TPSA) is 6.48 Å². The molecule has 76 valence electrons. The molecule has 0 aromatic carbocycles. The smallest absolute Gasteiger partial charge is 0.342 e. The predicted molar refractivity (Wildman–Crippen MR) is 57.1 cm³/mol. The van der Waals surface area contributed by atoms with Crippen molar-refractivity contribution in [1.29, 1.82) is 0 Å². The van der Waals surface area contributed by atoms with E-state index < -0.39 is 0 Å². The zero-order valence-corrected chi connectivity index (χ0v) is 12.8. The van der Waals surface area contributed by atoms with Gasteiger partial charge in [0, 0.05) is 0 Å². The third-order valence-corrected chi connectivity index (χ3v) is 1.21. The maximum absolute atomic E-state index is 3.68. The average molecular weight is 238 g/mol. The Balaban J connectivity index is -0.000000143. The third-order valence-electron chi connectivity index (χ3n) is 1.21. The van der Waals surface area contributed by atoms with Crippen LogP contribution in [0.15, 0.2) is 0 Å². The van der Waals surface area contributed by atoms with Gasteiger partial charge in [-0.25, -0.2) is 0 Å². The van der Waals surface area contributed by atoms with E-state index in [-0.39, 0.29) is 19.5 Å². The molecule has 3 heteroatoms. The maximum Gasteiger partial charge on any atom is 2.00 e. The fourth-order valence-electron chi connectivity index (χ4n) is 0.632. The van der Waals surface area contributed by atoms with E-state index in [9.17, 15) is 0 Å². The molecule has 0 atom stereocenters. The first kappa shape index (κ1) is 19.2. The second-order valence-corrected chi connectivity index (χ2v) is 3.31. The second kappa shape index (κ2) is 15.0. The Morgan fingerprint density at radius 2 is 1.00 bits per heavy atom. The van der Waals surface area contributed by atoms with Gasteiger partial charge in [0.2, 0.25) is 0 Å². The molecule has 0 bridgehead atoms. The Labute approximate surface area is 97.4 Å². The number of nitrogens with zero attached hydrogens (tertiary/aromatic N) is 2. The summed E-state index contributed by atoms with van der Waals surface area (Å²) in [5.74, 6) is 0. The van der Waals surface area contributed by atoms with E-state index in [0.717, 1.165) is 25.9 Å². The summed E-state index contributed by atoms with van der Waals surface area (Å²) in [5.41, 5.74) is 0. The molecule has 0 rings (SSSR count). The molecule has 0 heterocycles. The van der Waals surface area contributed by atoms with Crippen molar-refractivity contribution < 1.29 is 19.5 Å². The molecule has 0 aromatic heterocycles. The minimum absolute atomic E-state index is 0. The molecule has 0 radical (unpaired) electrons. The first-order valence-corrected chi connectivity index (χ1v) is 4.42. The first-order valence-electron chi connectivity index (χ1n) is 4.42. The predicted octanol–water partition coefficient (Wildman–Crippen LogP) is 1.54. The molecule has 0 aliphatic rings. The Morgan fingerprint density at radius 3 is 1.00 bits per heavy atom. The Hall–Kier alpha value is 0.543. The molecule has 0 amide bonds. The van der Waals surface area contributed by atoms with Crippen LogP contribution in [-0.2, 0) is 19.5 Å². The molecule has 0 spiro atoms. The monoisotopic (exact) mass is 236 g/mol. The normalized spacial score (nSPS) is 9.23. The average Bonchev–Trinajstić information content (AvgIpc) is 1.87. The van der Waals surface area contributed by atoms with Crippen molar-refractivity contribution in [3.8, 4) is 0 Å². The van der Waals surface area contributed by atoms with Gasteiger partial charge < -0.3 is 23.6 Å². The van der Waals surface area contributed by atoms with Crippen LogP contribution in [0.1, 0.15) is 12.8 Å². The van der Waals surface area contributed by atoms with Crippen molar-refractivity contribution in [2.75, 3.05) is 41.3 Å². The van der Waals surface area contributed by atoms with Gasteiger partial charge in [0.25, 0.3) is 0 Å². The third kappa shape index (κ3) is 32.6. The molecule has 0 aliphatic heterocycles. The molecule has 0 fully saturated rings. The van der Waals surface area contributed by atoms with Gasteiger partial charge in [-0.05, 0) is 41.3 Å². The van der Waals surface area contributed by atoms with E-state index in [2.05, 4.69) is 23.6 Å². The largest absolute Gasteiger partial charge is 2.00 e. The molecule has 0 saturated carbocycles. The van der Waals surface area contributed by atoms with Crippen LogP contribution >= 0.6 is 0 Å². The molecular weight excluding hydrogens is 214 g/mol. The van der Waals surface area contributed by atoms with Crippen molar-refractivity contribution in [1.82, 2.24) is 9.80 Å². The van der Waals surface area contributed by atoms with Crippen molar-refractivity contribution in [2.45, 2.75) is 12.8 Å². The molecule has 0 unspecified atom stereocenters. The van der Waals surface area contributed by atoms with E-state index in [0.29, 0.717) is 0 Å². The number of hydrogen-bond donors (Lipinski definition) is 0. The number of hydrogen-bond acceptors (Lipinski definition) is 2. The SMILES string of the molecule is [CH2-]CCN(C)C.[CH2-]CCN(C)C.[Zn+2]. The van der Waals surface area contributed by atoms with Gasteiger partial charge in [0.15, 0.2) is 0 Å². The zero-order valence-electron chi connectivity index (χ0n) is 9.84. The van der Waals surface area contributed by atoms with Crippen LogP contribution in [0.5, 0.6) is 0 Å². The summed E-state index contributed by atoms with van der Waals surface area (Å²) >= 11 is 0. The summed E-state index contributed by atoms with van der Waals surface area (Å²) in [7, 11) is 8.19. The van der Waals surface area contributed by atoms with E-state index in [1.165, 1.54) is 0 Å². The van der Waals surface area contributed by atoms with Gasteiger partial charge in [0.05, 0.1) is 0 Å². The van der Waals surface area contributed by atoms with Gasteiger partial charge in [-0.15, -0.1) is 0 Å². The van der Waals surface area contributed by atoms with Crippen LogP contribution in [0.25, 0.3) is 0 Å². The van der Waals surface area contributed by atoms with Gasteiger partial charge in [-0.1, -0.05) is 0 Å². The van der Waals surface area contributed by atoms with Gasteiger partial charge in [-0.3, -0.25) is 0 Å². The van der Waals surface area contributed by atoms with E-state index in [4.69, 9.17) is 0 Å². The fraction of sp³-hybridized carbons (Fsp3) is 0.800. The Bertz CT molecular complexity index is 65.3. The van der Waals surface area contributed by atoms with Crippen LogP contribution in [-0.4, -0.2) is 51.1 Å². The van der Waals surface area contributed by atoms with Crippen molar-refractivity contribution in [2.24, 2.45) is 0 Å². The van der Waals surface area contributed by atoms with Crippen molar-refractivity contribution in [3.63, 3.8) is 0 Å². The van der Waals surface area contributed by atoms with Crippen LogP contribution in [0.2, 0.25) is 0 Å². The van der Waals surface area contributed by atoms with E-state index in [1.54, 1.807) is 0 Å². The zero-order chi connectivity index (χ0) is 9.98. The van der Waals surface area contributed by atoms with E-state index in [1.807, 2.05) is 28.2 Å². The summed E-state index contributed by atoms with van der Waals surface area (Å²) in [6.07, 6.45) is 2.01. The molecule has 0 saturated heterocycles. The second-order valence-electron chi connectivity index (χ2n) is 3.31. The maximum atomic E-state index is 3.68. The van der Waals surface area contributed by atoms with Gasteiger partial charge >= 0.3 is 19.5 Å².